The molecule has 0 amide bonds. The van der Waals surface area contributed by atoms with Gasteiger partial charge in [-0.2, -0.15) is 0 Å². The number of hydrogen-bond acceptors (Lipinski definition) is 5. The third kappa shape index (κ3) is 3.92. The second kappa shape index (κ2) is 6.25. The average molecular weight is 369 g/mol. The van der Waals surface area contributed by atoms with Gasteiger partial charge in [0.1, 0.15) is 0 Å². The van der Waals surface area contributed by atoms with Gasteiger partial charge in [-0.15, -0.1) is 0 Å². The number of rotatable bonds is 5. The molecule has 0 aliphatic rings. The lowest BCUT2D eigenvalue weighted by atomic mass is 10.1. The number of benzene rings is 2. The minimum atomic E-state index is -4.01. The summed E-state index contributed by atoms with van der Waals surface area (Å²) < 4.78 is 50.0. The highest BCUT2D eigenvalue weighted by atomic mass is 32.2. The Labute approximate surface area is 139 Å². The summed E-state index contributed by atoms with van der Waals surface area (Å²) in [4.78, 5) is 10.9. The van der Waals surface area contributed by atoms with E-state index in [1.807, 2.05) is 0 Å². The number of sulfone groups is 1. The zero-order chi connectivity index (χ0) is 18.1. The van der Waals surface area contributed by atoms with Gasteiger partial charge in [0, 0.05) is 11.9 Å². The lowest BCUT2D eigenvalue weighted by molar-refractivity contribution is 0.0696. The molecule has 0 atom stereocenters. The zero-order valence-electron chi connectivity index (χ0n) is 12.8. The van der Waals surface area contributed by atoms with Crippen molar-refractivity contribution in [3.63, 3.8) is 0 Å². The summed E-state index contributed by atoms with van der Waals surface area (Å²) in [5, 5.41) is 8.99. The van der Waals surface area contributed by atoms with Crippen LogP contribution in [0, 0.1) is 6.92 Å². The standard InChI is InChI=1S/C15H15NO6S2/c1-10-3-4-11(15(17)18)9-14(10)24(21,22)16-12-5-7-13(8-6-12)23(2,19)20/h3-9,16H,1-2H3,(H,17,18). The number of carboxylic acid groups (broad SMARTS) is 1. The first kappa shape index (κ1) is 18.0. The molecule has 0 saturated carbocycles. The summed E-state index contributed by atoms with van der Waals surface area (Å²) in [5.74, 6) is -1.23. The summed E-state index contributed by atoms with van der Waals surface area (Å²) in [5.41, 5.74) is 0.413. The van der Waals surface area contributed by atoms with Crippen LogP contribution in [0.1, 0.15) is 15.9 Å². The van der Waals surface area contributed by atoms with Crippen LogP contribution in [-0.2, 0) is 19.9 Å². The van der Waals surface area contributed by atoms with Gasteiger partial charge in [-0.05, 0) is 48.9 Å². The third-order valence-corrected chi connectivity index (χ3v) is 5.91. The van der Waals surface area contributed by atoms with Crippen molar-refractivity contribution in [1.29, 1.82) is 0 Å². The first-order valence-electron chi connectivity index (χ1n) is 6.67. The van der Waals surface area contributed by atoms with E-state index in [4.69, 9.17) is 5.11 Å². The van der Waals surface area contributed by atoms with E-state index in [2.05, 4.69) is 4.72 Å². The Morgan fingerprint density at radius 3 is 2.08 bits per heavy atom. The number of anilines is 1. The van der Waals surface area contributed by atoms with Gasteiger partial charge in [-0.3, -0.25) is 4.72 Å². The number of aromatic carboxylic acids is 1. The Balaban J connectivity index is 2.39. The van der Waals surface area contributed by atoms with Crippen LogP contribution in [-0.4, -0.2) is 34.2 Å². The van der Waals surface area contributed by atoms with E-state index in [0.717, 1.165) is 12.3 Å². The van der Waals surface area contributed by atoms with Crippen LogP contribution in [0.25, 0.3) is 0 Å². The topological polar surface area (TPSA) is 118 Å². The molecule has 2 aromatic carbocycles. The average Bonchev–Trinajstić information content (AvgIpc) is 2.46. The fourth-order valence-electron chi connectivity index (χ4n) is 2.00. The maximum Gasteiger partial charge on any atom is 0.335 e. The highest BCUT2D eigenvalue weighted by molar-refractivity contribution is 7.92. The Kier molecular flexibility index (Phi) is 4.68. The van der Waals surface area contributed by atoms with E-state index in [1.165, 1.54) is 36.4 Å². The minimum absolute atomic E-state index is 0.0644. The van der Waals surface area contributed by atoms with Crippen molar-refractivity contribution in [2.45, 2.75) is 16.7 Å². The fourth-order valence-corrected chi connectivity index (χ4v) is 3.96. The number of nitrogens with one attached hydrogen (secondary N) is 1. The van der Waals surface area contributed by atoms with Crippen LogP contribution in [0.15, 0.2) is 52.3 Å². The van der Waals surface area contributed by atoms with Gasteiger partial charge < -0.3 is 5.11 Å². The molecular formula is C15H15NO6S2. The van der Waals surface area contributed by atoms with Gasteiger partial charge in [0.2, 0.25) is 0 Å². The number of carboxylic acids is 1. The van der Waals surface area contributed by atoms with E-state index in [1.54, 1.807) is 6.92 Å². The van der Waals surface area contributed by atoms with Gasteiger partial charge in [-0.1, -0.05) is 6.07 Å². The van der Waals surface area contributed by atoms with Gasteiger partial charge in [0.25, 0.3) is 10.0 Å². The second-order valence-corrected chi connectivity index (χ2v) is 8.85. The van der Waals surface area contributed by atoms with Crippen LogP contribution >= 0.6 is 0 Å². The zero-order valence-corrected chi connectivity index (χ0v) is 14.5. The number of hydrogen-bond donors (Lipinski definition) is 2. The van der Waals surface area contributed by atoms with Crippen molar-refractivity contribution in [1.82, 2.24) is 0 Å². The van der Waals surface area contributed by atoms with Gasteiger partial charge in [0.15, 0.2) is 9.84 Å². The quantitative estimate of drug-likeness (QED) is 0.831. The molecule has 9 heteroatoms. The van der Waals surface area contributed by atoms with E-state index < -0.39 is 25.8 Å². The molecule has 0 heterocycles. The van der Waals surface area contributed by atoms with E-state index in [9.17, 15) is 21.6 Å². The first-order chi connectivity index (χ1) is 11.0. The van der Waals surface area contributed by atoms with Crippen LogP contribution in [0.4, 0.5) is 5.69 Å². The maximum atomic E-state index is 12.5. The van der Waals surface area contributed by atoms with E-state index in [0.29, 0.717) is 5.56 Å². The fraction of sp³-hybridized carbons (Fsp3) is 0.133. The minimum Gasteiger partial charge on any atom is -0.478 e. The summed E-state index contributed by atoms with van der Waals surface area (Å²) >= 11 is 0. The summed E-state index contributed by atoms with van der Waals surface area (Å²) in [6.07, 6.45) is 1.05. The van der Waals surface area contributed by atoms with Gasteiger partial charge in [0.05, 0.1) is 15.4 Å². The van der Waals surface area contributed by atoms with E-state index >= 15 is 0 Å². The monoisotopic (exact) mass is 369 g/mol. The summed E-state index contributed by atoms with van der Waals surface area (Å²) in [7, 11) is -7.39. The van der Waals surface area contributed by atoms with Crippen molar-refractivity contribution in [3.05, 3.63) is 53.6 Å². The van der Waals surface area contributed by atoms with Crippen molar-refractivity contribution in [2.75, 3.05) is 11.0 Å². The summed E-state index contributed by atoms with van der Waals surface area (Å²) in [6, 6.07) is 9.02. The molecule has 0 aliphatic heterocycles. The number of sulfonamides is 1. The molecule has 7 nitrogen and oxygen atoms in total. The molecule has 0 fully saturated rings. The molecule has 2 N–H and O–H groups in total. The number of carbonyl (C=O) groups is 1. The normalized spacial score (nSPS) is 11.9. The second-order valence-electron chi connectivity index (χ2n) is 5.19. The Morgan fingerprint density at radius 2 is 1.58 bits per heavy atom. The van der Waals surface area contributed by atoms with Gasteiger partial charge in [-0.25, -0.2) is 21.6 Å². The maximum absolute atomic E-state index is 12.5. The molecular weight excluding hydrogens is 354 g/mol. The van der Waals surface area contributed by atoms with Crippen molar-refractivity contribution < 1.29 is 26.7 Å². The van der Waals surface area contributed by atoms with Crippen molar-refractivity contribution in [2.24, 2.45) is 0 Å². The molecule has 128 valence electrons. The molecule has 0 aliphatic carbocycles. The van der Waals surface area contributed by atoms with Crippen LogP contribution in [0.5, 0.6) is 0 Å². The Morgan fingerprint density at radius 1 is 1.00 bits per heavy atom. The first-order valence-corrected chi connectivity index (χ1v) is 10.0. The molecule has 2 rings (SSSR count). The molecule has 0 unspecified atom stereocenters. The van der Waals surface area contributed by atoms with Crippen molar-refractivity contribution >= 4 is 31.5 Å². The molecule has 24 heavy (non-hydrogen) atoms. The molecule has 0 saturated heterocycles. The van der Waals surface area contributed by atoms with E-state index in [-0.39, 0.29) is 21.0 Å². The summed E-state index contributed by atoms with van der Waals surface area (Å²) in [6.45, 7) is 1.55. The van der Waals surface area contributed by atoms with Crippen molar-refractivity contribution in [3.8, 4) is 0 Å². The lowest BCUT2D eigenvalue weighted by Crippen LogP contribution is -2.15. The molecule has 0 radical (unpaired) electrons. The molecule has 0 bridgehead atoms. The lowest BCUT2D eigenvalue weighted by Gasteiger charge is -2.11. The highest BCUT2D eigenvalue weighted by Crippen LogP contribution is 2.22. The SMILES string of the molecule is Cc1ccc(C(=O)O)cc1S(=O)(=O)Nc1ccc(S(C)(=O)=O)cc1. The molecule has 2 aromatic rings. The smallest absolute Gasteiger partial charge is 0.335 e. The van der Waals surface area contributed by atoms with Crippen LogP contribution in [0.3, 0.4) is 0 Å². The van der Waals surface area contributed by atoms with Crippen LogP contribution < -0.4 is 4.72 Å². The Hall–Kier alpha value is -2.39. The third-order valence-electron chi connectivity index (χ3n) is 3.26. The van der Waals surface area contributed by atoms with Crippen LogP contribution in [0.2, 0.25) is 0 Å². The highest BCUT2D eigenvalue weighted by Gasteiger charge is 2.19. The predicted octanol–water partition coefficient (Wildman–Crippen LogP) is 1.90. The predicted molar refractivity (Wildman–Crippen MR) is 88.5 cm³/mol. The molecule has 0 aromatic heterocycles. The largest absolute Gasteiger partial charge is 0.478 e. The van der Waals surface area contributed by atoms with Gasteiger partial charge >= 0.3 is 5.97 Å². The Bertz CT molecular complexity index is 993. The molecule has 0 spiro atoms. The number of aryl methyl sites for hydroxylation is 1.